The van der Waals surface area contributed by atoms with Gasteiger partial charge in [0.1, 0.15) is 0 Å². The fraction of sp³-hybridized carbons (Fsp3) is 0.353. The predicted molar refractivity (Wildman–Crippen MR) is 86.3 cm³/mol. The van der Waals surface area contributed by atoms with Crippen molar-refractivity contribution in [3.05, 3.63) is 45.9 Å². The number of ether oxygens (including phenoxy) is 3. The zero-order valence-corrected chi connectivity index (χ0v) is 14.4. The van der Waals surface area contributed by atoms with Crippen molar-refractivity contribution in [3.63, 3.8) is 0 Å². The first-order valence-electron chi connectivity index (χ1n) is 7.79. The molecule has 0 saturated heterocycles. The first-order valence-corrected chi connectivity index (χ1v) is 7.79. The Morgan fingerprint density at radius 2 is 1.96 bits per heavy atom. The highest BCUT2D eigenvalue weighted by Gasteiger charge is 2.26. The Hall–Kier alpha value is -3.23. The number of nitrogens with zero attached hydrogens (tertiary/aromatic N) is 1. The van der Waals surface area contributed by atoms with Crippen LogP contribution >= 0.6 is 0 Å². The van der Waals surface area contributed by atoms with Gasteiger partial charge in [0.15, 0.2) is 35.4 Å². The molecule has 0 bridgehead atoms. The van der Waals surface area contributed by atoms with Crippen molar-refractivity contribution in [3.8, 4) is 11.5 Å². The fourth-order valence-corrected chi connectivity index (χ4v) is 2.36. The number of likely N-dealkylation sites (N-methyl/N-ethyl adjacent to an activating group) is 1. The number of carbonyl (C=O) groups is 2. The molecule has 1 aromatic carbocycles. The Balaban J connectivity index is 1.63. The van der Waals surface area contributed by atoms with Gasteiger partial charge in [0, 0.05) is 12.6 Å². The third-order valence-corrected chi connectivity index (χ3v) is 4.07. The van der Waals surface area contributed by atoms with E-state index < -0.39 is 18.0 Å². The van der Waals surface area contributed by atoms with Gasteiger partial charge in [-0.05, 0) is 32.0 Å². The summed E-state index contributed by atoms with van der Waals surface area (Å²) in [6.07, 6.45) is -0.741. The zero-order valence-electron chi connectivity index (χ0n) is 14.4. The van der Waals surface area contributed by atoms with Crippen LogP contribution in [0.15, 0.2) is 31.8 Å². The van der Waals surface area contributed by atoms with Gasteiger partial charge in [0.05, 0.1) is 6.04 Å². The third-order valence-electron chi connectivity index (χ3n) is 4.07. The van der Waals surface area contributed by atoms with E-state index >= 15 is 0 Å². The Kier molecular flexibility index (Phi) is 4.70. The Morgan fingerprint density at radius 1 is 1.23 bits per heavy atom. The first kappa shape index (κ1) is 17.6. The Bertz CT molecular complexity index is 896. The van der Waals surface area contributed by atoms with E-state index in [9.17, 15) is 14.4 Å². The molecule has 1 atom stereocenters. The van der Waals surface area contributed by atoms with Gasteiger partial charge < -0.3 is 27.9 Å². The molecule has 0 spiro atoms. The van der Waals surface area contributed by atoms with Crippen LogP contribution in [-0.2, 0) is 11.3 Å². The highest BCUT2D eigenvalue weighted by atomic mass is 16.7. The summed E-state index contributed by atoms with van der Waals surface area (Å²) in [6, 6.07) is 4.05. The lowest BCUT2D eigenvalue weighted by Gasteiger charge is -2.23. The summed E-state index contributed by atoms with van der Waals surface area (Å²) in [7, 11) is 1.44. The molecule has 0 aliphatic carbocycles. The first-order chi connectivity index (χ1) is 12.4. The highest BCUT2D eigenvalue weighted by molar-refractivity contribution is 6.01. The smallest absolute Gasteiger partial charge is 0.454 e. The number of carbonyl (C=O) groups excluding carboxylic acids is 2. The molecule has 0 saturated carbocycles. The second-order valence-electron chi connectivity index (χ2n) is 5.71. The van der Waals surface area contributed by atoms with Gasteiger partial charge in [-0.2, -0.15) is 0 Å². The number of aryl methyl sites for hydroxylation is 1. The zero-order chi connectivity index (χ0) is 18.8. The van der Waals surface area contributed by atoms with Crippen LogP contribution in [-0.4, -0.2) is 36.7 Å². The van der Waals surface area contributed by atoms with Crippen molar-refractivity contribution in [2.75, 3.05) is 13.8 Å². The van der Waals surface area contributed by atoms with E-state index in [1.165, 1.54) is 14.0 Å². The molecule has 9 nitrogen and oxygen atoms in total. The maximum Gasteiger partial charge on any atom is 0.519 e. The van der Waals surface area contributed by atoms with Gasteiger partial charge in [0.2, 0.25) is 6.79 Å². The summed E-state index contributed by atoms with van der Waals surface area (Å²) in [5.41, 5.74) is 0.387. The maximum atomic E-state index is 12.6. The van der Waals surface area contributed by atoms with Crippen LogP contribution in [0.1, 0.15) is 28.8 Å². The van der Waals surface area contributed by atoms with E-state index in [1.54, 1.807) is 25.1 Å². The number of hydrogen-bond donors (Lipinski definition) is 0. The van der Waals surface area contributed by atoms with Crippen LogP contribution in [0.3, 0.4) is 0 Å². The van der Waals surface area contributed by atoms with Crippen LogP contribution in [0.2, 0.25) is 0 Å². The maximum absolute atomic E-state index is 12.6. The van der Waals surface area contributed by atoms with Crippen molar-refractivity contribution < 1.29 is 32.6 Å². The SMILES string of the molecule is Cc1oc(=O)oc1COC(=O)N(C)C(C)C(=O)c1ccc2c(c1)OCO2. The number of Topliss-reactive ketones (excluding diaryl/α,β-unsaturated/α-hetero) is 1. The Labute approximate surface area is 148 Å². The lowest BCUT2D eigenvalue weighted by atomic mass is 10.0. The minimum atomic E-state index is -0.867. The molecule has 0 N–H and O–H groups in total. The van der Waals surface area contributed by atoms with Crippen LogP contribution in [0.25, 0.3) is 0 Å². The molecule has 138 valence electrons. The predicted octanol–water partition coefficient (Wildman–Crippen LogP) is 2.11. The number of rotatable bonds is 5. The second kappa shape index (κ2) is 6.95. The molecule has 26 heavy (non-hydrogen) atoms. The molecule has 2 aromatic rings. The van der Waals surface area contributed by atoms with Gasteiger partial charge in [-0.1, -0.05) is 0 Å². The largest absolute Gasteiger partial charge is 0.519 e. The van der Waals surface area contributed by atoms with Gasteiger partial charge in [-0.25, -0.2) is 9.59 Å². The van der Waals surface area contributed by atoms with E-state index in [0.29, 0.717) is 17.1 Å². The van der Waals surface area contributed by atoms with E-state index in [4.69, 9.17) is 18.6 Å². The Morgan fingerprint density at radius 3 is 2.65 bits per heavy atom. The van der Waals surface area contributed by atoms with Crippen molar-refractivity contribution in [1.29, 1.82) is 0 Å². The summed E-state index contributed by atoms with van der Waals surface area (Å²) in [6.45, 7) is 2.94. The van der Waals surface area contributed by atoms with E-state index in [-0.39, 0.29) is 30.7 Å². The van der Waals surface area contributed by atoms with Crippen molar-refractivity contribution in [2.24, 2.45) is 0 Å². The van der Waals surface area contributed by atoms with Gasteiger partial charge in [0.25, 0.3) is 0 Å². The molecule has 9 heteroatoms. The summed E-state index contributed by atoms with van der Waals surface area (Å²) in [5, 5.41) is 0. The average Bonchev–Trinajstić information content (AvgIpc) is 3.22. The summed E-state index contributed by atoms with van der Waals surface area (Å²) >= 11 is 0. The van der Waals surface area contributed by atoms with E-state index in [0.717, 1.165) is 4.90 Å². The van der Waals surface area contributed by atoms with Crippen LogP contribution in [0.5, 0.6) is 11.5 Å². The summed E-state index contributed by atoms with van der Waals surface area (Å²) in [5.74, 6) is 0.251. The van der Waals surface area contributed by atoms with E-state index in [2.05, 4.69) is 4.42 Å². The van der Waals surface area contributed by atoms with E-state index in [1.807, 2.05) is 0 Å². The molecule has 0 radical (unpaired) electrons. The molecule has 1 aliphatic heterocycles. The number of hydrogen-bond acceptors (Lipinski definition) is 8. The fourth-order valence-electron chi connectivity index (χ4n) is 2.36. The standard InChI is InChI=1S/C17H17NO8/c1-9(15(19)11-4-5-12-13(6-11)24-8-23-12)18(3)16(20)22-7-14-10(2)25-17(21)26-14/h4-6,9H,7-8H2,1-3H3. The van der Waals surface area contributed by atoms with Crippen molar-refractivity contribution in [2.45, 2.75) is 26.5 Å². The normalized spacial score (nSPS) is 13.3. The monoisotopic (exact) mass is 363 g/mol. The molecule has 1 unspecified atom stereocenters. The molecule has 1 amide bonds. The molecule has 1 aliphatic rings. The highest BCUT2D eigenvalue weighted by Crippen LogP contribution is 2.33. The van der Waals surface area contributed by atoms with Gasteiger partial charge in [-0.3, -0.25) is 4.79 Å². The van der Waals surface area contributed by atoms with Crippen LogP contribution in [0, 0.1) is 6.92 Å². The van der Waals surface area contributed by atoms with Crippen LogP contribution < -0.4 is 15.3 Å². The van der Waals surface area contributed by atoms with Gasteiger partial charge in [-0.15, -0.1) is 0 Å². The lowest BCUT2D eigenvalue weighted by molar-refractivity contribution is 0.0714. The molecule has 2 heterocycles. The number of ketones is 1. The average molecular weight is 363 g/mol. The lowest BCUT2D eigenvalue weighted by Crippen LogP contribution is -2.40. The second-order valence-corrected chi connectivity index (χ2v) is 5.71. The molecular weight excluding hydrogens is 346 g/mol. The summed E-state index contributed by atoms with van der Waals surface area (Å²) < 4.78 is 25.0. The third kappa shape index (κ3) is 3.41. The molecule has 0 fully saturated rings. The van der Waals surface area contributed by atoms with Crippen molar-refractivity contribution in [1.82, 2.24) is 4.90 Å². The summed E-state index contributed by atoms with van der Waals surface area (Å²) in [4.78, 5) is 36.9. The molecule has 1 aromatic heterocycles. The molecule has 3 rings (SSSR count). The number of amides is 1. The minimum Gasteiger partial charge on any atom is -0.454 e. The minimum absolute atomic E-state index is 0.109. The number of benzene rings is 1. The van der Waals surface area contributed by atoms with Crippen LogP contribution in [0.4, 0.5) is 4.79 Å². The van der Waals surface area contributed by atoms with Crippen molar-refractivity contribution >= 4 is 11.9 Å². The number of fused-ring (bicyclic) bond motifs is 1. The van der Waals surface area contributed by atoms with Gasteiger partial charge >= 0.3 is 11.9 Å². The molecular formula is C17H17NO8. The topological polar surface area (TPSA) is 108 Å². The quantitative estimate of drug-likeness (QED) is 0.743.